The summed E-state index contributed by atoms with van der Waals surface area (Å²) in [5.74, 6) is 0.292. The van der Waals surface area contributed by atoms with E-state index in [0.717, 1.165) is 0 Å². The van der Waals surface area contributed by atoms with Gasteiger partial charge in [-0.25, -0.2) is 0 Å². The fourth-order valence-corrected chi connectivity index (χ4v) is 1.44. The van der Waals surface area contributed by atoms with Crippen LogP contribution >= 0.6 is 0 Å². The molecule has 111 valence electrons. The number of rotatable bonds is 5. The molecular formula is C14H14CoN4O2. The van der Waals surface area contributed by atoms with E-state index in [1.54, 1.807) is 12.4 Å². The molecule has 0 amide bonds. The number of hydrogen-bond donors (Lipinski definition) is 2. The molecule has 6 nitrogen and oxygen atoms in total. The van der Waals surface area contributed by atoms with Crippen LogP contribution in [0.25, 0.3) is 0 Å². The van der Waals surface area contributed by atoms with E-state index in [1.165, 1.54) is 36.9 Å². The SMILES string of the molecule is Oc1ccncc1C=NCCN=Cc1cnccc1O.[Co]. The minimum absolute atomic E-state index is 0. The molecule has 0 fully saturated rings. The van der Waals surface area contributed by atoms with Crippen molar-refractivity contribution in [2.45, 2.75) is 0 Å². The largest absolute Gasteiger partial charge is 0.507 e. The minimum Gasteiger partial charge on any atom is -0.507 e. The summed E-state index contributed by atoms with van der Waals surface area (Å²) in [4.78, 5) is 16.1. The summed E-state index contributed by atoms with van der Waals surface area (Å²) in [6.07, 6.45) is 9.21. The molecule has 0 unspecified atom stereocenters. The van der Waals surface area contributed by atoms with Gasteiger partial charge in [-0.1, -0.05) is 0 Å². The molecule has 0 atom stereocenters. The average molecular weight is 329 g/mol. The Bertz CT molecular complexity index is 576. The summed E-state index contributed by atoms with van der Waals surface area (Å²) in [7, 11) is 0. The van der Waals surface area contributed by atoms with Crippen LogP contribution < -0.4 is 0 Å². The molecule has 2 N–H and O–H groups in total. The minimum atomic E-state index is 0. The molecular weight excluding hydrogens is 315 g/mol. The predicted octanol–water partition coefficient (Wildman–Crippen LogP) is 1.42. The van der Waals surface area contributed by atoms with Crippen molar-refractivity contribution in [1.29, 1.82) is 0 Å². The van der Waals surface area contributed by atoms with E-state index in [2.05, 4.69) is 20.0 Å². The van der Waals surface area contributed by atoms with E-state index in [-0.39, 0.29) is 28.3 Å². The second kappa shape index (κ2) is 8.83. The zero-order valence-electron chi connectivity index (χ0n) is 11.0. The molecule has 2 aromatic rings. The predicted molar refractivity (Wildman–Crippen MR) is 76.7 cm³/mol. The molecule has 2 aromatic heterocycles. The van der Waals surface area contributed by atoms with Gasteiger partial charge in [0.2, 0.25) is 0 Å². The second-order valence-electron chi connectivity index (χ2n) is 3.94. The summed E-state index contributed by atoms with van der Waals surface area (Å²) in [5.41, 5.74) is 1.14. The van der Waals surface area contributed by atoms with E-state index >= 15 is 0 Å². The zero-order chi connectivity index (χ0) is 14.2. The molecule has 21 heavy (non-hydrogen) atoms. The topological polar surface area (TPSA) is 91.0 Å². The van der Waals surface area contributed by atoms with Gasteiger partial charge in [0, 0.05) is 54.0 Å². The average Bonchev–Trinajstić information content (AvgIpc) is 2.46. The Kier molecular flexibility index (Phi) is 7.06. The van der Waals surface area contributed by atoms with Crippen LogP contribution in [0.15, 0.2) is 46.9 Å². The van der Waals surface area contributed by atoms with Crippen LogP contribution in [0.5, 0.6) is 11.5 Å². The van der Waals surface area contributed by atoms with E-state index < -0.39 is 0 Å². The number of pyridine rings is 2. The fourth-order valence-electron chi connectivity index (χ4n) is 1.44. The first kappa shape index (κ1) is 16.8. The molecule has 0 aliphatic carbocycles. The molecule has 0 spiro atoms. The Labute approximate surface area is 132 Å². The van der Waals surface area contributed by atoms with Crippen LogP contribution in [0.1, 0.15) is 11.1 Å². The summed E-state index contributed by atoms with van der Waals surface area (Å²) in [6.45, 7) is 0.956. The van der Waals surface area contributed by atoms with E-state index in [9.17, 15) is 10.2 Å². The Morgan fingerprint density at radius 2 is 1.29 bits per heavy atom. The van der Waals surface area contributed by atoms with Gasteiger partial charge >= 0.3 is 0 Å². The van der Waals surface area contributed by atoms with Gasteiger partial charge in [-0.05, 0) is 12.1 Å². The second-order valence-corrected chi connectivity index (χ2v) is 3.94. The molecule has 0 aliphatic heterocycles. The summed E-state index contributed by atoms with van der Waals surface area (Å²) >= 11 is 0. The molecule has 7 heteroatoms. The van der Waals surface area contributed by atoms with Gasteiger partial charge < -0.3 is 10.2 Å². The third-order valence-corrected chi connectivity index (χ3v) is 2.47. The van der Waals surface area contributed by atoms with Crippen molar-refractivity contribution in [2.24, 2.45) is 9.98 Å². The standard InChI is InChI=1S/C14H14N4O2.Co/c19-13-1-3-15-7-11(13)9-17-5-6-18-10-12-8-16-4-2-14(12)20;/h1-4,7-10H,5-6H2,(H,15,19)(H,16,20);. The van der Waals surface area contributed by atoms with Gasteiger partial charge in [0.25, 0.3) is 0 Å². The molecule has 1 radical (unpaired) electrons. The number of hydrogen-bond acceptors (Lipinski definition) is 6. The van der Waals surface area contributed by atoms with E-state index in [1.807, 2.05) is 0 Å². The maximum Gasteiger partial charge on any atom is 0.127 e. The van der Waals surface area contributed by atoms with Gasteiger partial charge in [0.15, 0.2) is 0 Å². The molecule has 0 saturated carbocycles. The molecule has 2 rings (SSSR count). The van der Waals surface area contributed by atoms with Crippen LogP contribution in [-0.2, 0) is 16.8 Å². The fraction of sp³-hybridized carbons (Fsp3) is 0.143. The van der Waals surface area contributed by atoms with Crippen molar-refractivity contribution in [1.82, 2.24) is 9.97 Å². The van der Waals surface area contributed by atoms with Crippen molar-refractivity contribution in [2.75, 3.05) is 13.1 Å². The van der Waals surface area contributed by atoms with Gasteiger partial charge in [-0.3, -0.25) is 20.0 Å². The Morgan fingerprint density at radius 3 is 1.67 bits per heavy atom. The Morgan fingerprint density at radius 1 is 0.857 bits per heavy atom. The Balaban J connectivity index is 0.00000220. The first-order valence-electron chi connectivity index (χ1n) is 6.03. The monoisotopic (exact) mass is 329 g/mol. The van der Waals surface area contributed by atoms with Gasteiger partial charge in [-0.2, -0.15) is 0 Å². The van der Waals surface area contributed by atoms with Gasteiger partial charge in [0.05, 0.1) is 24.2 Å². The number of nitrogens with zero attached hydrogens (tertiary/aromatic N) is 4. The molecule has 0 bridgehead atoms. The van der Waals surface area contributed by atoms with E-state index in [0.29, 0.717) is 24.2 Å². The Hall–Kier alpha value is -2.25. The van der Waals surface area contributed by atoms with Crippen molar-refractivity contribution in [3.8, 4) is 11.5 Å². The van der Waals surface area contributed by atoms with Crippen LogP contribution in [0.2, 0.25) is 0 Å². The van der Waals surface area contributed by atoms with Crippen molar-refractivity contribution >= 4 is 12.4 Å². The maximum absolute atomic E-state index is 9.50. The normalized spacial score (nSPS) is 10.9. The summed E-state index contributed by atoms with van der Waals surface area (Å²) in [6, 6.07) is 3.01. The van der Waals surface area contributed by atoms with Gasteiger partial charge in [-0.15, -0.1) is 0 Å². The first-order valence-corrected chi connectivity index (χ1v) is 6.03. The first-order chi connectivity index (χ1) is 9.77. The van der Waals surface area contributed by atoms with Gasteiger partial charge in [0.1, 0.15) is 11.5 Å². The number of aliphatic imine (C=N–C) groups is 2. The maximum atomic E-state index is 9.50. The van der Waals surface area contributed by atoms with Crippen molar-refractivity contribution in [3.05, 3.63) is 48.0 Å². The van der Waals surface area contributed by atoms with E-state index in [4.69, 9.17) is 0 Å². The smallest absolute Gasteiger partial charge is 0.127 e. The molecule has 0 aromatic carbocycles. The van der Waals surface area contributed by atoms with Crippen molar-refractivity contribution < 1.29 is 27.0 Å². The van der Waals surface area contributed by atoms with Crippen LogP contribution in [0, 0.1) is 0 Å². The van der Waals surface area contributed by atoms with Crippen LogP contribution in [0.3, 0.4) is 0 Å². The number of aromatic nitrogens is 2. The van der Waals surface area contributed by atoms with Crippen LogP contribution in [0.4, 0.5) is 0 Å². The number of aromatic hydroxyl groups is 2. The third-order valence-electron chi connectivity index (χ3n) is 2.47. The molecule has 0 saturated heterocycles. The van der Waals surface area contributed by atoms with Crippen molar-refractivity contribution in [3.63, 3.8) is 0 Å². The summed E-state index contributed by atoms with van der Waals surface area (Å²) < 4.78 is 0. The third kappa shape index (κ3) is 5.32. The molecule has 2 heterocycles. The quantitative estimate of drug-likeness (QED) is 0.641. The summed E-state index contributed by atoms with van der Waals surface area (Å²) in [5, 5.41) is 19.0. The zero-order valence-corrected chi connectivity index (χ0v) is 12.1. The molecule has 0 aliphatic rings. The van der Waals surface area contributed by atoms with Crippen LogP contribution in [-0.4, -0.2) is 45.7 Å².